The number of piperazine rings is 1. The molecular weight excluding hydrogens is 369 g/mol. The van der Waals surface area contributed by atoms with Crippen LogP contribution in [0.25, 0.3) is 0 Å². The van der Waals surface area contributed by atoms with E-state index in [1.165, 1.54) is 13.2 Å². The maximum absolute atomic E-state index is 13.8. The van der Waals surface area contributed by atoms with Crippen molar-refractivity contribution in [2.75, 3.05) is 45.2 Å². The lowest BCUT2D eigenvalue weighted by atomic mass is 10.2. The number of methoxy groups -OCH3 is 1. The Kier molecular flexibility index (Phi) is 6.66. The summed E-state index contributed by atoms with van der Waals surface area (Å²) in [5.74, 6) is -0.160. The van der Waals surface area contributed by atoms with Crippen molar-refractivity contribution in [3.8, 4) is 5.75 Å². The Labute approximate surface area is 163 Å². The molecule has 1 saturated heterocycles. The average Bonchev–Trinajstić information content (AvgIpc) is 2.65. The van der Waals surface area contributed by atoms with Crippen molar-refractivity contribution in [3.63, 3.8) is 0 Å². The van der Waals surface area contributed by atoms with Crippen molar-refractivity contribution in [2.45, 2.75) is 6.54 Å². The molecule has 0 bridgehead atoms. The minimum atomic E-state index is -0.343. The van der Waals surface area contributed by atoms with Gasteiger partial charge in [-0.3, -0.25) is 14.6 Å². The van der Waals surface area contributed by atoms with Crippen LogP contribution >= 0.6 is 11.6 Å². The molecule has 0 atom stereocenters. The Bertz CT molecular complexity index is 795. The number of para-hydroxylation sites is 1. The number of benzene rings is 2. The van der Waals surface area contributed by atoms with Gasteiger partial charge in [0.2, 0.25) is 5.91 Å². The Hall–Kier alpha value is -2.15. The van der Waals surface area contributed by atoms with Gasteiger partial charge in [0.25, 0.3) is 0 Å². The molecule has 7 heteroatoms. The van der Waals surface area contributed by atoms with E-state index in [-0.39, 0.29) is 17.5 Å². The highest BCUT2D eigenvalue weighted by Crippen LogP contribution is 2.21. The first-order valence-electron chi connectivity index (χ1n) is 8.86. The molecule has 1 aliphatic heterocycles. The summed E-state index contributed by atoms with van der Waals surface area (Å²) < 4.78 is 18.8. The first-order valence-corrected chi connectivity index (χ1v) is 9.24. The summed E-state index contributed by atoms with van der Waals surface area (Å²) in [6.07, 6.45) is 0. The minimum absolute atomic E-state index is 0.0752. The van der Waals surface area contributed by atoms with Crippen molar-refractivity contribution in [2.24, 2.45) is 0 Å². The monoisotopic (exact) mass is 391 g/mol. The van der Waals surface area contributed by atoms with Gasteiger partial charge in [-0.2, -0.15) is 0 Å². The number of nitrogens with one attached hydrogen (secondary N) is 1. The highest BCUT2D eigenvalue weighted by Gasteiger charge is 2.19. The number of hydrogen-bond donors (Lipinski definition) is 1. The van der Waals surface area contributed by atoms with Gasteiger partial charge in [-0.15, -0.1) is 0 Å². The topological polar surface area (TPSA) is 44.8 Å². The Balaban J connectivity index is 1.45. The van der Waals surface area contributed by atoms with E-state index in [4.69, 9.17) is 16.3 Å². The summed E-state index contributed by atoms with van der Waals surface area (Å²) in [5.41, 5.74) is 1.54. The smallest absolute Gasteiger partial charge is 0.238 e. The summed E-state index contributed by atoms with van der Waals surface area (Å²) in [5, 5.41) is 3.38. The van der Waals surface area contributed by atoms with Gasteiger partial charge in [-0.25, -0.2) is 4.39 Å². The molecule has 1 fully saturated rings. The molecule has 3 rings (SSSR count). The van der Waals surface area contributed by atoms with Gasteiger partial charge in [0.15, 0.2) is 11.6 Å². The molecular formula is C20H23ClFN3O2. The molecule has 0 saturated carbocycles. The van der Waals surface area contributed by atoms with E-state index < -0.39 is 0 Å². The summed E-state index contributed by atoms with van der Waals surface area (Å²) in [4.78, 5) is 16.6. The van der Waals surface area contributed by atoms with E-state index in [1.807, 2.05) is 18.2 Å². The van der Waals surface area contributed by atoms with Crippen LogP contribution in [0.1, 0.15) is 5.56 Å². The number of nitrogens with zero attached hydrogens (tertiary/aromatic N) is 2. The average molecular weight is 392 g/mol. The number of anilines is 1. The van der Waals surface area contributed by atoms with Gasteiger partial charge in [-0.1, -0.05) is 29.8 Å². The summed E-state index contributed by atoms with van der Waals surface area (Å²) >= 11 is 6.07. The second-order valence-electron chi connectivity index (χ2n) is 6.55. The Morgan fingerprint density at radius 3 is 2.52 bits per heavy atom. The van der Waals surface area contributed by atoms with Crippen LogP contribution in [0.4, 0.5) is 10.1 Å². The minimum Gasteiger partial charge on any atom is -0.494 e. The van der Waals surface area contributed by atoms with Crippen LogP contribution in [0, 0.1) is 5.82 Å². The maximum atomic E-state index is 13.8. The zero-order chi connectivity index (χ0) is 19.2. The molecule has 1 aliphatic rings. The number of ether oxygens (including phenoxy) is 1. The first kappa shape index (κ1) is 19.6. The van der Waals surface area contributed by atoms with Crippen molar-refractivity contribution < 1.29 is 13.9 Å². The fourth-order valence-corrected chi connectivity index (χ4v) is 3.31. The predicted molar refractivity (Wildman–Crippen MR) is 105 cm³/mol. The van der Waals surface area contributed by atoms with Gasteiger partial charge in [0.05, 0.1) is 24.4 Å². The van der Waals surface area contributed by atoms with Gasteiger partial charge in [-0.05, 0) is 29.8 Å². The third-order valence-electron chi connectivity index (χ3n) is 4.60. The molecule has 27 heavy (non-hydrogen) atoms. The standard InChI is InChI=1S/C20H23ClFN3O2/c1-27-19-7-6-15(12-17(19)22)13-24-8-10-25(11-9-24)14-20(26)23-18-5-3-2-4-16(18)21/h2-7,12H,8-11,13-14H2,1H3,(H,23,26). The summed E-state index contributed by atoms with van der Waals surface area (Å²) in [6.45, 7) is 4.24. The van der Waals surface area contributed by atoms with Crippen LogP contribution < -0.4 is 10.1 Å². The predicted octanol–water partition coefficient (Wildman–Crippen LogP) is 3.24. The van der Waals surface area contributed by atoms with Crippen LogP contribution in [0.5, 0.6) is 5.75 Å². The normalized spacial score (nSPS) is 15.5. The lowest BCUT2D eigenvalue weighted by Crippen LogP contribution is -2.48. The maximum Gasteiger partial charge on any atom is 0.238 e. The molecule has 1 heterocycles. The van der Waals surface area contributed by atoms with Crippen LogP contribution in [0.15, 0.2) is 42.5 Å². The highest BCUT2D eigenvalue weighted by molar-refractivity contribution is 6.33. The highest BCUT2D eigenvalue weighted by atomic mass is 35.5. The van der Waals surface area contributed by atoms with E-state index in [0.717, 1.165) is 31.7 Å². The molecule has 0 aromatic heterocycles. The largest absolute Gasteiger partial charge is 0.494 e. The Morgan fingerprint density at radius 1 is 1.15 bits per heavy atom. The van der Waals surface area contributed by atoms with Gasteiger partial charge >= 0.3 is 0 Å². The fourth-order valence-electron chi connectivity index (χ4n) is 3.13. The van der Waals surface area contributed by atoms with Crippen molar-refractivity contribution in [3.05, 3.63) is 58.9 Å². The molecule has 5 nitrogen and oxygen atoms in total. The van der Waals surface area contributed by atoms with Crippen LogP contribution in [-0.4, -0.2) is 55.5 Å². The molecule has 2 aromatic carbocycles. The molecule has 0 unspecified atom stereocenters. The summed E-state index contributed by atoms with van der Waals surface area (Å²) in [7, 11) is 1.46. The lowest BCUT2D eigenvalue weighted by Gasteiger charge is -2.34. The molecule has 2 aromatic rings. The molecule has 0 aliphatic carbocycles. The lowest BCUT2D eigenvalue weighted by molar-refractivity contribution is -0.117. The molecule has 1 amide bonds. The molecule has 0 spiro atoms. The molecule has 1 N–H and O–H groups in total. The second kappa shape index (κ2) is 9.17. The number of hydrogen-bond acceptors (Lipinski definition) is 4. The summed E-state index contributed by atoms with van der Waals surface area (Å²) in [6, 6.07) is 12.2. The second-order valence-corrected chi connectivity index (χ2v) is 6.96. The Morgan fingerprint density at radius 2 is 1.85 bits per heavy atom. The zero-order valence-corrected chi connectivity index (χ0v) is 16.0. The van der Waals surface area contributed by atoms with Gasteiger partial charge in [0.1, 0.15) is 0 Å². The quantitative estimate of drug-likeness (QED) is 0.821. The van der Waals surface area contributed by atoms with Crippen molar-refractivity contribution in [1.82, 2.24) is 9.80 Å². The number of carbonyl (C=O) groups excluding carboxylic acids is 1. The van der Waals surface area contributed by atoms with E-state index in [1.54, 1.807) is 18.2 Å². The molecule has 0 radical (unpaired) electrons. The zero-order valence-electron chi connectivity index (χ0n) is 15.3. The first-order chi connectivity index (χ1) is 13.0. The van der Waals surface area contributed by atoms with Gasteiger partial charge < -0.3 is 10.1 Å². The van der Waals surface area contributed by atoms with E-state index >= 15 is 0 Å². The van der Waals surface area contributed by atoms with Gasteiger partial charge in [0, 0.05) is 32.7 Å². The fraction of sp³-hybridized carbons (Fsp3) is 0.350. The van der Waals surface area contributed by atoms with Crippen LogP contribution in [0.3, 0.4) is 0 Å². The third kappa shape index (κ3) is 5.42. The van der Waals surface area contributed by atoms with E-state index in [9.17, 15) is 9.18 Å². The van der Waals surface area contributed by atoms with E-state index in [0.29, 0.717) is 23.8 Å². The van der Waals surface area contributed by atoms with Crippen molar-refractivity contribution in [1.29, 1.82) is 0 Å². The van der Waals surface area contributed by atoms with Crippen LogP contribution in [-0.2, 0) is 11.3 Å². The molecule has 144 valence electrons. The number of rotatable bonds is 6. The van der Waals surface area contributed by atoms with E-state index in [2.05, 4.69) is 15.1 Å². The van der Waals surface area contributed by atoms with Crippen molar-refractivity contribution >= 4 is 23.2 Å². The number of amides is 1. The van der Waals surface area contributed by atoms with Crippen LogP contribution in [0.2, 0.25) is 5.02 Å². The number of halogens is 2. The SMILES string of the molecule is COc1ccc(CN2CCN(CC(=O)Nc3ccccc3Cl)CC2)cc1F. The number of carbonyl (C=O) groups is 1. The third-order valence-corrected chi connectivity index (χ3v) is 4.93.